The second kappa shape index (κ2) is 5.48. The van der Waals surface area contributed by atoms with Crippen LogP contribution in [0.3, 0.4) is 0 Å². The first-order valence-electron chi connectivity index (χ1n) is 7.72. The fourth-order valence-electron chi connectivity index (χ4n) is 3.81. The van der Waals surface area contributed by atoms with Gasteiger partial charge in [0.15, 0.2) is 0 Å². The summed E-state index contributed by atoms with van der Waals surface area (Å²) >= 11 is 6.13. The Labute approximate surface area is 140 Å². The number of rotatable bonds is 1. The van der Waals surface area contributed by atoms with E-state index in [0.29, 0.717) is 26.2 Å². The molecule has 4 nitrogen and oxygen atoms in total. The van der Waals surface area contributed by atoms with Gasteiger partial charge >= 0.3 is 0 Å². The molecule has 1 aromatic rings. The number of fused-ring (bicyclic) bond motifs is 1. The molecule has 0 bridgehead atoms. The second-order valence-corrected chi connectivity index (χ2v) is 7.37. The predicted octanol–water partition coefficient (Wildman–Crippen LogP) is 2.73. The molecular weight excluding hydrogens is 319 g/mol. The largest absolute Gasteiger partial charge is 0.342 e. The summed E-state index contributed by atoms with van der Waals surface area (Å²) in [6.45, 7) is 7.72. The molecule has 2 heterocycles. The molecule has 2 saturated heterocycles. The van der Waals surface area contributed by atoms with Gasteiger partial charge in [-0.1, -0.05) is 18.5 Å². The van der Waals surface area contributed by atoms with E-state index in [1.807, 2.05) is 4.90 Å². The molecule has 23 heavy (non-hydrogen) atoms. The predicted molar refractivity (Wildman–Crippen MR) is 85.9 cm³/mol. The van der Waals surface area contributed by atoms with E-state index in [0.717, 1.165) is 0 Å². The highest BCUT2D eigenvalue weighted by atomic mass is 35.5. The quantitative estimate of drug-likeness (QED) is 0.790. The standard InChI is InChI=1S/C17H20ClFN2O2/c1-10-14(19)5-4-13(18)15(10)16(23)21-7-12-6-20(11(2)22)8-17(12,3)9-21/h4-5,12H,6-9H2,1-3H3/t12-,17+/m1/s1. The van der Waals surface area contributed by atoms with E-state index in [-0.39, 0.29) is 39.3 Å². The Balaban J connectivity index is 1.83. The van der Waals surface area contributed by atoms with E-state index in [9.17, 15) is 14.0 Å². The lowest BCUT2D eigenvalue weighted by Crippen LogP contribution is -2.37. The zero-order valence-corrected chi connectivity index (χ0v) is 14.3. The fraction of sp³-hybridized carbons (Fsp3) is 0.529. The van der Waals surface area contributed by atoms with Gasteiger partial charge < -0.3 is 9.80 Å². The van der Waals surface area contributed by atoms with E-state index in [1.54, 1.807) is 18.7 Å². The van der Waals surface area contributed by atoms with Crippen LogP contribution in [0.4, 0.5) is 4.39 Å². The Morgan fingerprint density at radius 3 is 2.48 bits per heavy atom. The number of carbonyl (C=O) groups excluding carboxylic acids is 2. The molecule has 0 unspecified atom stereocenters. The molecule has 0 N–H and O–H groups in total. The number of hydrogen-bond donors (Lipinski definition) is 0. The third-order valence-corrected chi connectivity index (χ3v) is 5.58. The van der Waals surface area contributed by atoms with Crippen LogP contribution in [0.25, 0.3) is 0 Å². The average Bonchev–Trinajstić information content (AvgIpc) is 2.95. The first-order valence-corrected chi connectivity index (χ1v) is 8.10. The molecular formula is C17H20ClFN2O2. The van der Waals surface area contributed by atoms with E-state index >= 15 is 0 Å². The monoisotopic (exact) mass is 338 g/mol. The fourth-order valence-corrected chi connectivity index (χ4v) is 4.09. The number of nitrogens with zero attached hydrogens (tertiary/aromatic N) is 2. The molecule has 2 fully saturated rings. The molecule has 1 aromatic carbocycles. The number of benzene rings is 1. The van der Waals surface area contributed by atoms with E-state index in [1.165, 1.54) is 12.1 Å². The van der Waals surface area contributed by atoms with Crippen molar-refractivity contribution in [3.63, 3.8) is 0 Å². The zero-order chi connectivity index (χ0) is 16.9. The summed E-state index contributed by atoms with van der Waals surface area (Å²) in [7, 11) is 0. The molecule has 0 aromatic heterocycles. The van der Waals surface area contributed by atoms with E-state index < -0.39 is 5.82 Å². The highest BCUT2D eigenvalue weighted by Gasteiger charge is 2.51. The van der Waals surface area contributed by atoms with Crippen molar-refractivity contribution in [1.82, 2.24) is 9.80 Å². The molecule has 0 spiro atoms. The maximum Gasteiger partial charge on any atom is 0.255 e. The SMILES string of the molecule is CC(=O)N1C[C@@H]2CN(C(=O)c3c(Cl)ccc(F)c3C)C[C@]2(C)C1. The van der Waals surface area contributed by atoms with Gasteiger partial charge in [0.2, 0.25) is 5.91 Å². The van der Waals surface area contributed by atoms with Crippen LogP contribution in [0, 0.1) is 24.1 Å². The Morgan fingerprint density at radius 1 is 1.26 bits per heavy atom. The van der Waals surface area contributed by atoms with Crippen LogP contribution >= 0.6 is 11.6 Å². The van der Waals surface area contributed by atoms with Gasteiger partial charge in [0, 0.05) is 44.4 Å². The van der Waals surface area contributed by atoms with Crippen LogP contribution in [-0.4, -0.2) is 47.8 Å². The van der Waals surface area contributed by atoms with Crippen molar-refractivity contribution in [1.29, 1.82) is 0 Å². The van der Waals surface area contributed by atoms with Crippen molar-refractivity contribution >= 4 is 23.4 Å². The Kier molecular flexibility index (Phi) is 3.87. The molecule has 3 rings (SSSR count). The maximum absolute atomic E-state index is 13.8. The van der Waals surface area contributed by atoms with Crippen LogP contribution in [0.5, 0.6) is 0 Å². The summed E-state index contributed by atoms with van der Waals surface area (Å²) in [4.78, 5) is 28.0. The minimum atomic E-state index is -0.425. The first-order chi connectivity index (χ1) is 10.7. The van der Waals surface area contributed by atoms with Gasteiger partial charge in [-0.2, -0.15) is 0 Å². The van der Waals surface area contributed by atoms with Gasteiger partial charge in [0.1, 0.15) is 5.82 Å². The van der Waals surface area contributed by atoms with Gasteiger partial charge in [-0.05, 0) is 24.6 Å². The molecule has 6 heteroatoms. The summed E-state index contributed by atoms with van der Waals surface area (Å²) in [6, 6.07) is 2.70. The highest BCUT2D eigenvalue weighted by Crippen LogP contribution is 2.42. The third-order valence-electron chi connectivity index (χ3n) is 5.27. The normalized spacial score (nSPS) is 26.6. The van der Waals surface area contributed by atoms with Gasteiger partial charge in [-0.25, -0.2) is 4.39 Å². The number of hydrogen-bond acceptors (Lipinski definition) is 2. The van der Waals surface area contributed by atoms with Crippen molar-refractivity contribution in [2.45, 2.75) is 20.8 Å². The number of likely N-dealkylation sites (tertiary alicyclic amines) is 2. The maximum atomic E-state index is 13.8. The Morgan fingerprint density at radius 2 is 1.87 bits per heavy atom. The van der Waals surface area contributed by atoms with Crippen molar-refractivity contribution < 1.29 is 14.0 Å². The van der Waals surface area contributed by atoms with Gasteiger partial charge in [-0.3, -0.25) is 9.59 Å². The molecule has 2 aliphatic rings. The molecule has 2 amide bonds. The lowest BCUT2D eigenvalue weighted by atomic mass is 9.83. The van der Waals surface area contributed by atoms with Crippen molar-refractivity contribution in [3.8, 4) is 0 Å². The number of carbonyl (C=O) groups is 2. The van der Waals surface area contributed by atoms with Crippen molar-refractivity contribution in [2.24, 2.45) is 11.3 Å². The topological polar surface area (TPSA) is 40.6 Å². The van der Waals surface area contributed by atoms with Crippen LogP contribution < -0.4 is 0 Å². The average molecular weight is 339 g/mol. The van der Waals surface area contributed by atoms with Gasteiger partial charge in [0.05, 0.1) is 10.6 Å². The number of halogens is 2. The molecule has 2 aliphatic heterocycles. The third kappa shape index (κ3) is 2.61. The first kappa shape index (κ1) is 16.2. The molecule has 124 valence electrons. The summed E-state index contributed by atoms with van der Waals surface area (Å²) in [5.41, 5.74) is 0.434. The van der Waals surface area contributed by atoms with Crippen LogP contribution in [0.15, 0.2) is 12.1 Å². The zero-order valence-electron chi connectivity index (χ0n) is 13.5. The second-order valence-electron chi connectivity index (χ2n) is 6.97. The number of amides is 2. The summed E-state index contributed by atoms with van der Waals surface area (Å²) in [5, 5.41) is 0.279. The smallest absolute Gasteiger partial charge is 0.255 e. The van der Waals surface area contributed by atoms with Crippen molar-refractivity contribution in [3.05, 3.63) is 34.1 Å². The van der Waals surface area contributed by atoms with Crippen molar-refractivity contribution in [2.75, 3.05) is 26.2 Å². The van der Waals surface area contributed by atoms with E-state index in [4.69, 9.17) is 11.6 Å². The van der Waals surface area contributed by atoms with E-state index in [2.05, 4.69) is 6.92 Å². The minimum Gasteiger partial charge on any atom is -0.342 e. The minimum absolute atomic E-state index is 0.0718. The molecule has 0 aliphatic carbocycles. The Bertz CT molecular complexity index is 693. The van der Waals surface area contributed by atoms with Crippen LogP contribution in [-0.2, 0) is 4.79 Å². The highest BCUT2D eigenvalue weighted by molar-refractivity contribution is 6.34. The van der Waals surface area contributed by atoms with Crippen LogP contribution in [0.2, 0.25) is 5.02 Å². The summed E-state index contributed by atoms with van der Waals surface area (Å²) in [6.07, 6.45) is 0. The summed E-state index contributed by atoms with van der Waals surface area (Å²) < 4.78 is 13.8. The Hall–Kier alpha value is -1.62. The molecule has 0 saturated carbocycles. The molecule has 0 radical (unpaired) electrons. The lowest BCUT2D eigenvalue weighted by Gasteiger charge is -2.25. The van der Waals surface area contributed by atoms with Gasteiger partial charge in [0.25, 0.3) is 5.91 Å². The van der Waals surface area contributed by atoms with Gasteiger partial charge in [-0.15, -0.1) is 0 Å². The van der Waals surface area contributed by atoms with Crippen LogP contribution in [0.1, 0.15) is 29.8 Å². The summed E-state index contributed by atoms with van der Waals surface area (Å²) in [5.74, 6) is -0.325. The molecule has 2 atom stereocenters. The lowest BCUT2D eigenvalue weighted by molar-refractivity contribution is -0.128.